The molecule has 2 aromatic rings. The second-order valence-corrected chi connectivity index (χ2v) is 6.65. The molecule has 110 valence electrons. The van der Waals surface area contributed by atoms with Crippen molar-refractivity contribution in [3.63, 3.8) is 0 Å². The van der Waals surface area contributed by atoms with Crippen LogP contribution >= 0.6 is 22.9 Å². The molecular weight excluding hydrogens is 304 g/mol. The van der Waals surface area contributed by atoms with Crippen molar-refractivity contribution in [2.75, 3.05) is 6.54 Å². The number of aryl methyl sites for hydroxylation is 1. The van der Waals surface area contributed by atoms with E-state index in [4.69, 9.17) is 11.6 Å². The maximum Gasteiger partial charge on any atom is 0.254 e. The van der Waals surface area contributed by atoms with E-state index in [9.17, 15) is 4.79 Å². The highest BCUT2D eigenvalue weighted by atomic mass is 35.5. The maximum absolute atomic E-state index is 12.7. The number of aromatic nitrogens is 1. The van der Waals surface area contributed by atoms with Crippen LogP contribution < -0.4 is 0 Å². The molecule has 0 fully saturated rings. The van der Waals surface area contributed by atoms with Crippen LogP contribution in [0.15, 0.2) is 23.6 Å². The van der Waals surface area contributed by atoms with Gasteiger partial charge in [-0.3, -0.25) is 4.79 Å². The molecule has 0 bridgehead atoms. The molecule has 3 heterocycles. The van der Waals surface area contributed by atoms with Gasteiger partial charge in [-0.25, -0.2) is 4.98 Å². The van der Waals surface area contributed by atoms with Crippen molar-refractivity contribution in [3.8, 4) is 0 Å². The van der Waals surface area contributed by atoms with Crippen LogP contribution in [0.4, 0.5) is 0 Å². The van der Waals surface area contributed by atoms with Crippen molar-refractivity contribution in [3.05, 3.63) is 50.4 Å². The van der Waals surface area contributed by atoms with Crippen molar-refractivity contribution in [2.24, 2.45) is 0 Å². The molecule has 1 aliphatic rings. The Balaban J connectivity index is 1.82. The molecule has 0 atom stereocenters. The van der Waals surface area contributed by atoms with E-state index < -0.39 is 0 Å². The lowest BCUT2D eigenvalue weighted by molar-refractivity contribution is 0.0735. The van der Waals surface area contributed by atoms with E-state index in [0.717, 1.165) is 31.5 Å². The van der Waals surface area contributed by atoms with Crippen LogP contribution in [0.1, 0.15) is 39.8 Å². The van der Waals surface area contributed by atoms with Gasteiger partial charge in [0.05, 0.1) is 0 Å². The second-order valence-electron chi connectivity index (χ2n) is 5.27. The Bertz CT molecular complexity index is 668. The summed E-state index contributed by atoms with van der Waals surface area (Å²) in [6.07, 6.45) is 2.78. The monoisotopic (exact) mass is 320 g/mol. The SMILES string of the molecule is CCCc1cc(C(=O)N2CCc3sccc3C2)cc(Cl)n1. The Labute approximate surface area is 133 Å². The summed E-state index contributed by atoms with van der Waals surface area (Å²) in [5.41, 5.74) is 2.81. The standard InChI is InChI=1S/C16H17ClN2OS/c1-2-3-13-8-12(9-15(17)18-13)16(20)19-6-4-14-11(10-19)5-7-21-14/h5,7-9H,2-4,6,10H2,1H3. The van der Waals surface area contributed by atoms with Crippen LogP contribution in [0.25, 0.3) is 0 Å². The van der Waals surface area contributed by atoms with E-state index in [-0.39, 0.29) is 5.91 Å². The van der Waals surface area contributed by atoms with E-state index in [1.807, 2.05) is 11.0 Å². The van der Waals surface area contributed by atoms with Gasteiger partial charge >= 0.3 is 0 Å². The number of amides is 1. The van der Waals surface area contributed by atoms with E-state index in [2.05, 4.69) is 23.4 Å². The molecule has 0 unspecified atom stereocenters. The average molecular weight is 321 g/mol. The Morgan fingerprint density at radius 1 is 1.48 bits per heavy atom. The predicted molar refractivity (Wildman–Crippen MR) is 86.0 cm³/mol. The first-order valence-electron chi connectivity index (χ1n) is 7.18. The van der Waals surface area contributed by atoms with Gasteiger partial charge in [-0.2, -0.15) is 0 Å². The third-order valence-corrected chi connectivity index (χ3v) is 4.91. The van der Waals surface area contributed by atoms with Crippen LogP contribution in [0.2, 0.25) is 5.15 Å². The minimum Gasteiger partial charge on any atom is -0.334 e. The molecule has 0 radical (unpaired) electrons. The van der Waals surface area contributed by atoms with Gasteiger partial charge in [0.2, 0.25) is 0 Å². The van der Waals surface area contributed by atoms with Gasteiger partial charge in [0.15, 0.2) is 0 Å². The first kappa shape index (κ1) is 14.5. The zero-order valence-corrected chi connectivity index (χ0v) is 13.5. The van der Waals surface area contributed by atoms with Crippen molar-refractivity contribution in [2.45, 2.75) is 32.7 Å². The molecule has 0 spiro atoms. The van der Waals surface area contributed by atoms with Crippen LogP contribution in [0, 0.1) is 0 Å². The van der Waals surface area contributed by atoms with Crippen molar-refractivity contribution >= 4 is 28.8 Å². The molecule has 5 heteroatoms. The third-order valence-electron chi connectivity index (χ3n) is 3.70. The number of halogens is 1. The lowest BCUT2D eigenvalue weighted by atomic mass is 10.1. The number of nitrogens with zero attached hydrogens (tertiary/aromatic N) is 2. The van der Waals surface area contributed by atoms with Gasteiger partial charge in [0.25, 0.3) is 5.91 Å². The molecule has 0 aliphatic carbocycles. The Morgan fingerprint density at radius 3 is 3.14 bits per heavy atom. The quantitative estimate of drug-likeness (QED) is 0.802. The molecule has 0 aromatic carbocycles. The molecule has 2 aromatic heterocycles. The van der Waals surface area contributed by atoms with Crippen molar-refractivity contribution in [1.82, 2.24) is 9.88 Å². The normalized spacial score (nSPS) is 14.1. The number of fused-ring (bicyclic) bond motifs is 1. The highest BCUT2D eigenvalue weighted by molar-refractivity contribution is 7.10. The van der Waals surface area contributed by atoms with E-state index in [1.54, 1.807) is 17.4 Å². The fourth-order valence-corrected chi connectivity index (χ4v) is 3.78. The van der Waals surface area contributed by atoms with Crippen molar-refractivity contribution < 1.29 is 4.79 Å². The number of carbonyl (C=O) groups excluding carboxylic acids is 1. The van der Waals surface area contributed by atoms with Gasteiger partial charge in [-0.15, -0.1) is 11.3 Å². The molecule has 1 aliphatic heterocycles. The van der Waals surface area contributed by atoms with E-state index in [1.165, 1.54) is 10.4 Å². The highest BCUT2D eigenvalue weighted by Gasteiger charge is 2.23. The predicted octanol–water partition coefficient (Wildman–Crippen LogP) is 3.95. The van der Waals surface area contributed by atoms with Gasteiger partial charge in [-0.1, -0.05) is 24.9 Å². The smallest absolute Gasteiger partial charge is 0.254 e. The molecule has 0 saturated carbocycles. The molecule has 1 amide bonds. The molecular formula is C16H17ClN2OS. The Morgan fingerprint density at radius 2 is 2.33 bits per heavy atom. The summed E-state index contributed by atoms with van der Waals surface area (Å²) < 4.78 is 0. The summed E-state index contributed by atoms with van der Waals surface area (Å²) in [5, 5.41) is 2.50. The maximum atomic E-state index is 12.7. The lowest BCUT2D eigenvalue weighted by Crippen LogP contribution is -2.35. The lowest BCUT2D eigenvalue weighted by Gasteiger charge is -2.27. The first-order valence-corrected chi connectivity index (χ1v) is 8.44. The van der Waals surface area contributed by atoms with Gasteiger partial charge in [0.1, 0.15) is 5.15 Å². The number of rotatable bonds is 3. The zero-order valence-electron chi connectivity index (χ0n) is 11.9. The van der Waals surface area contributed by atoms with Crippen molar-refractivity contribution in [1.29, 1.82) is 0 Å². The molecule has 0 saturated heterocycles. The number of hydrogen-bond donors (Lipinski definition) is 0. The van der Waals surface area contributed by atoms with E-state index in [0.29, 0.717) is 17.3 Å². The third kappa shape index (κ3) is 3.11. The number of hydrogen-bond acceptors (Lipinski definition) is 3. The second kappa shape index (κ2) is 6.16. The van der Waals surface area contributed by atoms with Crippen LogP contribution in [0.5, 0.6) is 0 Å². The Hall–Kier alpha value is -1.39. The summed E-state index contributed by atoms with van der Waals surface area (Å²) in [4.78, 5) is 20.3. The summed E-state index contributed by atoms with van der Waals surface area (Å²) in [7, 11) is 0. The molecule has 0 N–H and O–H groups in total. The first-order chi connectivity index (χ1) is 10.2. The summed E-state index contributed by atoms with van der Waals surface area (Å²) in [6.45, 7) is 3.56. The largest absolute Gasteiger partial charge is 0.334 e. The zero-order chi connectivity index (χ0) is 14.8. The summed E-state index contributed by atoms with van der Waals surface area (Å²) >= 11 is 7.83. The fourth-order valence-electron chi connectivity index (χ4n) is 2.66. The fraction of sp³-hybridized carbons (Fsp3) is 0.375. The van der Waals surface area contributed by atoms with Gasteiger partial charge < -0.3 is 4.90 Å². The topological polar surface area (TPSA) is 33.2 Å². The van der Waals surface area contributed by atoms with Crippen LogP contribution in [-0.4, -0.2) is 22.3 Å². The van der Waals surface area contributed by atoms with E-state index >= 15 is 0 Å². The Kier molecular flexibility index (Phi) is 4.27. The van der Waals surface area contributed by atoms with Gasteiger partial charge in [0, 0.05) is 29.2 Å². The van der Waals surface area contributed by atoms with Crippen LogP contribution in [0.3, 0.4) is 0 Å². The van der Waals surface area contributed by atoms with Crippen LogP contribution in [-0.2, 0) is 19.4 Å². The van der Waals surface area contributed by atoms with Gasteiger partial charge in [-0.05, 0) is 42.0 Å². The summed E-state index contributed by atoms with van der Waals surface area (Å²) in [5.74, 6) is 0.0495. The molecule has 3 nitrogen and oxygen atoms in total. The molecule has 21 heavy (non-hydrogen) atoms. The number of thiophene rings is 1. The minimum atomic E-state index is 0.0495. The number of carbonyl (C=O) groups is 1. The minimum absolute atomic E-state index is 0.0495. The molecule has 3 rings (SSSR count). The highest BCUT2D eigenvalue weighted by Crippen LogP contribution is 2.25. The number of pyridine rings is 1. The average Bonchev–Trinajstić information content (AvgIpc) is 2.93. The summed E-state index contributed by atoms with van der Waals surface area (Å²) in [6, 6.07) is 5.66.